The summed E-state index contributed by atoms with van der Waals surface area (Å²) in [4.78, 5) is 10.9. The van der Waals surface area contributed by atoms with Gasteiger partial charge in [-0.1, -0.05) is 152 Å². The molecular weight excluding hydrogens is 767 g/mol. The maximum absolute atomic E-state index is 5.43. The van der Waals surface area contributed by atoms with Crippen molar-refractivity contribution in [2.45, 2.75) is 0 Å². The molecule has 0 aliphatic rings. The summed E-state index contributed by atoms with van der Waals surface area (Å²) in [6.07, 6.45) is 0. The predicted octanol–water partition coefficient (Wildman–Crippen LogP) is 14.8. The van der Waals surface area contributed by atoms with Crippen molar-refractivity contribution in [3.8, 4) is 51.0 Å². The van der Waals surface area contributed by atoms with Crippen LogP contribution in [-0.2, 0) is 0 Å². The highest BCUT2D eigenvalue weighted by Crippen LogP contribution is 2.47. The smallest absolute Gasteiger partial charge is 0.146 e. The average molecular weight is 804 g/mol. The van der Waals surface area contributed by atoms with Gasteiger partial charge in [0, 0.05) is 44.5 Å². The molecule has 0 saturated heterocycles. The second kappa shape index (κ2) is 14.0. The van der Waals surface area contributed by atoms with Gasteiger partial charge in [-0.2, -0.15) is 0 Å². The lowest BCUT2D eigenvalue weighted by atomic mass is 9.87. The minimum Gasteiger partial charge on any atom is -0.309 e. The largest absolute Gasteiger partial charge is 0.309 e. The molecule has 3 aromatic heterocycles. The van der Waals surface area contributed by atoms with Gasteiger partial charge in [0.25, 0.3) is 0 Å². The van der Waals surface area contributed by atoms with Crippen LogP contribution in [0.1, 0.15) is 0 Å². The number of para-hydroxylation sites is 9. The van der Waals surface area contributed by atoms with Gasteiger partial charge in [-0.25, -0.2) is 9.97 Å². The first-order valence-electron chi connectivity index (χ1n) is 21.4. The van der Waals surface area contributed by atoms with Crippen LogP contribution in [0, 0.1) is 0 Å². The van der Waals surface area contributed by atoms with Gasteiger partial charge in [0.1, 0.15) is 11.6 Å². The molecule has 5 nitrogen and oxygen atoms in total. The Hall–Kier alpha value is -8.54. The Morgan fingerprint density at radius 3 is 1.19 bits per heavy atom. The molecule has 0 bridgehead atoms. The molecular formula is C58H37N5. The second-order valence-corrected chi connectivity index (χ2v) is 16.1. The van der Waals surface area contributed by atoms with E-state index < -0.39 is 0 Å². The monoisotopic (exact) mass is 803 g/mol. The summed E-state index contributed by atoms with van der Waals surface area (Å²) in [5, 5.41) is 6.96. The van der Waals surface area contributed by atoms with E-state index in [9.17, 15) is 0 Å². The fourth-order valence-corrected chi connectivity index (χ4v) is 10.0. The van der Waals surface area contributed by atoms with Crippen LogP contribution in [0.15, 0.2) is 224 Å². The highest BCUT2D eigenvalue weighted by atomic mass is 15.1. The van der Waals surface area contributed by atoms with E-state index in [4.69, 9.17) is 9.97 Å². The van der Waals surface area contributed by atoms with Crippen LogP contribution in [0.5, 0.6) is 0 Å². The number of benzene rings is 10. The Bertz CT molecular complexity index is 3720. The normalized spacial score (nSPS) is 11.8. The molecule has 0 aliphatic carbocycles. The first kappa shape index (κ1) is 35.2. The van der Waals surface area contributed by atoms with Crippen molar-refractivity contribution < 1.29 is 0 Å². The molecule has 63 heavy (non-hydrogen) atoms. The molecule has 13 rings (SSSR count). The summed E-state index contributed by atoms with van der Waals surface area (Å²) in [5.41, 5.74) is 14.0. The van der Waals surface area contributed by atoms with E-state index in [1.165, 1.54) is 27.4 Å². The molecule has 3 heterocycles. The van der Waals surface area contributed by atoms with Crippen LogP contribution in [0.3, 0.4) is 0 Å². The maximum Gasteiger partial charge on any atom is 0.146 e. The molecule has 0 radical (unpaired) electrons. The van der Waals surface area contributed by atoms with Crippen molar-refractivity contribution in [3.63, 3.8) is 0 Å². The second-order valence-electron chi connectivity index (χ2n) is 16.1. The van der Waals surface area contributed by atoms with Gasteiger partial charge in [0.15, 0.2) is 0 Å². The minimum absolute atomic E-state index is 0.893. The van der Waals surface area contributed by atoms with E-state index >= 15 is 0 Å². The Morgan fingerprint density at radius 2 is 0.667 bits per heavy atom. The van der Waals surface area contributed by atoms with Crippen LogP contribution < -0.4 is 0 Å². The molecule has 294 valence electrons. The van der Waals surface area contributed by atoms with Crippen molar-refractivity contribution in [3.05, 3.63) is 224 Å². The SMILES string of the molecule is c1ccc(-n2c(-c3cccc4c(-c5cccc6c7ccccc7n(-c7ccccc7)c56)c5cccc(-c6nc7ccccc7n6-c6ccccc6)c5cc34)nc3ccccc32)cc1. The molecule has 5 heteroatoms. The zero-order chi connectivity index (χ0) is 41.4. The Morgan fingerprint density at radius 1 is 0.270 bits per heavy atom. The molecule has 0 aliphatic heterocycles. The van der Waals surface area contributed by atoms with E-state index in [1.807, 2.05) is 0 Å². The van der Waals surface area contributed by atoms with Gasteiger partial charge >= 0.3 is 0 Å². The summed E-state index contributed by atoms with van der Waals surface area (Å²) in [5.74, 6) is 1.79. The highest BCUT2D eigenvalue weighted by molar-refractivity contribution is 6.23. The number of rotatable bonds is 6. The summed E-state index contributed by atoms with van der Waals surface area (Å²) < 4.78 is 7.06. The van der Waals surface area contributed by atoms with Crippen molar-refractivity contribution in [2.24, 2.45) is 0 Å². The lowest BCUT2D eigenvalue weighted by Crippen LogP contribution is -2.00. The van der Waals surface area contributed by atoms with Gasteiger partial charge in [-0.15, -0.1) is 0 Å². The summed E-state index contributed by atoms with van der Waals surface area (Å²) in [6.45, 7) is 0. The number of fused-ring (bicyclic) bond motifs is 7. The minimum atomic E-state index is 0.893. The summed E-state index contributed by atoms with van der Waals surface area (Å²) in [6, 6.07) is 80.3. The van der Waals surface area contributed by atoms with Crippen molar-refractivity contribution >= 4 is 65.4 Å². The van der Waals surface area contributed by atoms with Crippen LogP contribution in [-0.4, -0.2) is 23.7 Å². The quantitative estimate of drug-likeness (QED) is 0.157. The van der Waals surface area contributed by atoms with Crippen LogP contribution in [0.25, 0.3) is 116 Å². The lowest BCUT2D eigenvalue weighted by Gasteiger charge is -2.19. The third-order valence-corrected chi connectivity index (χ3v) is 12.7. The van der Waals surface area contributed by atoms with Gasteiger partial charge in [-0.3, -0.25) is 9.13 Å². The number of hydrogen-bond donors (Lipinski definition) is 0. The van der Waals surface area contributed by atoms with Crippen molar-refractivity contribution in [1.82, 2.24) is 23.7 Å². The fourth-order valence-electron chi connectivity index (χ4n) is 10.0. The van der Waals surface area contributed by atoms with E-state index in [0.29, 0.717) is 0 Å². The van der Waals surface area contributed by atoms with Crippen LogP contribution >= 0.6 is 0 Å². The van der Waals surface area contributed by atoms with Gasteiger partial charge < -0.3 is 4.57 Å². The van der Waals surface area contributed by atoms with Gasteiger partial charge in [-0.05, 0) is 99.9 Å². The van der Waals surface area contributed by atoms with Crippen LogP contribution in [0.2, 0.25) is 0 Å². The van der Waals surface area contributed by atoms with E-state index in [1.54, 1.807) is 0 Å². The summed E-state index contributed by atoms with van der Waals surface area (Å²) in [7, 11) is 0. The van der Waals surface area contributed by atoms with Crippen LogP contribution in [0.4, 0.5) is 0 Å². The zero-order valence-electron chi connectivity index (χ0n) is 34.1. The topological polar surface area (TPSA) is 40.6 Å². The molecule has 0 fully saturated rings. The molecule has 0 spiro atoms. The molecule has 13 aromatic rings. The number of aromatic nitrogens is 5. The van der Waals surface area contributed by atoms with E-state index in [-0.39, 0.29) is 0 Å². The molecule has 0 amide bonds. The first-order chi connectivity index (χ1) is 31.3. The van der Waals surface area contributed by atoms with E-state index in [2.05, 4.69) is 238 Å². The number of imidazole rings is 2. The number of hydrogen-bond acceptors (Lipinski definition) is 2. The first-order valence-corrected chi connectivity index (χ1v) is 21.4. The molecule has 0 N–H and O–H groups in total. The average Bonchev–Trinajstić information content (AvgIpc) is 4.04. The van der Waals surface area contributed by atoms with E-state index in [0.717, 1.165) is 89.0 Å². The molecule has 10 aromatic carbocycles. The Kier molecular flexibility index (Phi) is 7.84. The van der Waals surface area contributed by atoms with Gasteiger partial charge in [0.2, 0.25) is 0 Å². The predicted molar refractivity (Wildman–Crippen MR) is 261 cm³/mol. The lowest BCUT2D eigenvalue weighted by molar-refractivity contribution is 1.10. The third-order valence-electron chi connectivity index (χ3n) is 12.7. The summed E-state index contributed by atoms with van der Waals surface area (Å²) >= 11 is 0. The van der Waals surface area contributed by atoms with Crippen molar-refractivity contribution in [2.75, 3.05) is 0 Å². The van der Waals surface area contributed by atoms with Crippen molar-refractivity contribution in [1.29, 1.82) is 0 Å². The maximum atomic E-state index is 5.43. The highest BCUT2D eigenvalue weighted by Gasteiger charge is 2.25. The third kappa shape index (κ3) is 5.36. The molecule has 0 saturated carbocycles. The number of nitrogens with zero attached hydrogens (tertiary/aromatic N) is 5. The molecule has 0 atom stereocenters. The fraction of sp³-hybridized carbons (Fsp3) is 0. The Balaban J connectivity index is 1.21. The zero-order valence-corrected chi connectivity index (χ0v) is 34.1. The molecule has 0 unspecified atom stereocenters. The van der Waals surface area contributed by atoms with Gasteiger partial charge in [0.05, 0.1) is 33.1 Å². The standard InChI is InChI=1S/C58H37N5/c1-4-19-38(20-5-1)61-52-34-13-10-25-41(52)44-28-18-31-47(56(44)61)55-42-26-16-29-45(57-59-50-32-11-14-35-53(50)62(57)39-21-6-2-7-22-39)48(42)37-49-43(55)27-17-30-46(49)58-60-51-33-12-15-36-54(51)63(58)40-23-8-3-9-24-40/h1-37H. The Labute approximate surface area is 363 Å².